The molecule has 2 amide bonds. The van der Waals surface area contributed by atoms with Crippen molar-refractivity contribution < 1.29 is 14.3 Å². The van der Waals surface area contributed by atoms with E-state index in [2.05, 4.69) is 10.9 Å². The molecule has 1 aliphatic heterocycles. The summed E-state index contributed by atoms with van der Waals surface area (Å²) in [6, 6.07) is 8.66. The van der Waals surface area contributed by atoms with E-state index in [1.807, 2.05) is 50.4 Å². The van der Waals surface area contributed by atoms with Gasteiger partial charge in [-0.3, -0.25) is 10.2 Å². The van der Waals surface area contributed by atoms with Gasteiger partial charge >= 0.3 is 6.09 Å². The molecular weight excluding hydrogens is 334 g/mol. The summed E-state index contributed by atoms with van der Waals surface area (Å²) < 4.78 is 5.13. The van der Waals surface area contributed by atoms with Crippen LogP contribution in [0.15, 0.2) is 30.3 Å². The summed E-state index contributed by atoms with van der Waals surface area (Å²) in [4.78, 5) is 24.7. The maximum absolute atomic E-state index is 12.8. The van der Waals surface area contributed by atoms with Crippen LogP contribution in [0, 0.1) is 17.4 Å². The van der Waals surface area contributed by atoms with Gasteiger partial charge < -0.3 is 4.74 Å². The molecule has 0 saturated carbocycles. The Morgan fingerprint density at radius 2 is 1.92 bits per heavy atom. The summed E-state index contributed by atoms with van der Waals surface area (Å²) in [5, 5.41) is 12.0. The highest BCUT2D eigenvalue weighted by atomic mass is 16.6. The van der Waals surface area contributed by atoms with Gasteiger partial charge in [0, 0.05) is 6.54 Å². The van der Waals surface area contributed by atoms with E-state index >= 15 is 0 Å². The minimum absolute atomic E-state index is 0.0839. The topological polar surface area (TPSA) is 97.7 Å². The maximum Gasteiger partial charge on any atom is 0.421 e. The van der Waals surface area contributed by atoms with Gasteiger partial charge in [-0.1, -0.05) is 44.2 Å². The van der Waals surface area contributed by atoms with E-state index in [4.69, 9.17) is 4.74 Å². The molecule has 8 nitrogen and oxygen atoms in total. The lowest BCUT2D eigenvalue weighted by Gasteiger charge is -2.37. The van der Waals surface area contributed by atoms with Gasteiger partial charge in [0.2, 0.25) is 0 Å². The molecule has 1 aromatic rings. The first-order valence-electron chi connectivity index (χ1n) is 8.73. The number of carbonyl (C=O) groups is 2. The van der Waals surface area contributed by atoms with Crippen molar-refractivity contribution in [2.24, 2.45) is 5.92 Å². The predicted molar refractivity (Wildman–Crippen MR) is 94.8 cm³/mol. The average Bonchev–Trinajstić information content (AvgIpc) is 2.66. The number of carbonyl (C=O) groups excluding carboxylic acids is 2. The zero-order valence-corrected chi connectivity index (χ0v) is 15.1. The largest absolute Gasteiger partial charge is 0.444 e. The third-order valence-corrected chi connectivity index (χ3v) is 4.13. The van der Waals surface area contributed by atoms with E-state index in [0.717, 1.165) is 18.4 Å². The summed E-state index contributed by atoms with van der Waals surface area (Å²) in [6.45, 7) is 4.90. The third-order valence-electron chi connectivity index (χ3n) is 4.13. The lowest BCUT2D eigenvalue weighted by Crippen LogP contribution is -2.59. The highest BCUT2D eigenvalue weighted by Crippen LogP contribution is 2.14. The quantitative estimate of drug-likeness (QED) is 0.593. The zero-order valence-electron chi connectivity index (χ0n) is 15.1. The van der Waals surface area contributed by atoms with Crippen molar-refractivity contribution in [2.45, 2.75) is 39.3 Å². The molecule has 1 saturated heterocycles. The highest BCUT2D eigenvalue weighted by molar-refractivity contribution is 5.82. The van der Waals surface area contributed by atoms with Crippen molar-refractivity contribution in [2.75, 3.05) is 13.1 Å². The molecule has 0 aromatic heterocycles. The number of hydrogen-bond donors (Lipinski definition) is 2. The van der Waals surface area contributed by atoms with Gasteiger partial charge in [0.15, 0.2) is 6.19 Å². The molecule has 0 aliphatic carbocycles. The third kappa shape index (κ3) is 5.36. The number of nitrogens with zero attached hydrogens (tertiary/aromatic N) is 3. The van der Waals surface area contributed by atoms with Crippen molar-refractivity contribution >= 4 is 12.0 Å². The first-order valence-corrected chi connectivity index (χ1v) is 8.73. The monoisotopic (exact) mass is 359 g/mol. The number of hydrazine groups is 2. The molecule has 1 fully saturated rings. The average molecular weight is 359 g/mol. The van der Waals surface area contributed by atoms with Gasteiger partial charge in [-0.15, -0.1) is 0 Å². The minimum atomic E-state index is -0.664. The van der Waals surface area contributed by atoms with Crippen LogP contribution in [-0.2, 0) is 16.1 Å². The summed E-state index contributed by atoms with van der Waals surface area (Å²) in [6.07, 6.45) is 3.09. The van der Waals surface area contributed by atoms with E-state index in [9.17, 15) is 14.9 Å². The lowest BCUT2D eigenvalue weighted by molar-refractivity contribution is -0.150. The first kappa shape index (κ1) is 19.5. The van der Waals surface area contributed by atoms with Crippen LogP contribution in [0.5, 0.6) is 0 Å². The molecule has 0 spiro atoms. The summed E-state index contributed by atoms with van der Waals surface area (Å²) in [5.74, 6) is -0.330. The number of nitrogens with one attached hydrogen (secondary N) is 2. The van der Waals surface area contributed by atoms with Crippen LogP contribution in [0.3, 0.4) is 0 Å². The van der Waals surface area contributed by atoms with Crippen LogP contribution in [0.2, 0.25) is 0 Å². The molecule has 1 unspecified atom stereocenters. The van der Waals surface area contributed by atoms with Crippen LogP contribution in [0.4, 0.5) is 4.79 Å². The Bertz CT molecular complexity index is 644. The Hall–Kier alpha value is -2.79. The standard InChI is InChI=1S/C18H25N5O3/c1-14(2)16(17(24)23-11-7-6-10-22(23)13-19)20-21-18(25)26-12-15-8-4-3-5-9-15/h3-5,8-9,14,16,20H,6-7,10-12H2,1-2H3,(H,21,25). The van der Waals surface area contributed by atoms with Crippen LogP contribution in [-0.4, -0.2) is 41.1 Å². The molecule has 1 aromatic carbocycles. The van der Waals surface area contributed by atoms with Crippen molar-refractivity contribution in [1.82, 2.24) is 20.9 Å². The molecule has 1 aliphatic rings. The molecule has 1 atom stereocenters. The second-order valence-corrected chi connectivity index (χ2v) is 6.44. The zero-order chi connectivity index (χ0) is 18.9. The Balaban J connectivity index is 1.88. The fraction of sp³-hybridized carbons (Fsp3) is 0.500. The molecule has 2 N–H and O–H groups in total. The van der Waals surface area contributed by atoms with Gasteiger partial charge in [-0.05, 0) is 24.3 Å². The fourth-order valence-electron chi connectivity index (χ4n) is 2.67. The summed E-state index contributed by atoms with van der Waals surface area (Å²) >= 11 is 0. The predicted octanol–water partition coefficient (Wildman–Crippen LogP) is 1.76. The second-order valence-electron chi connectivity index (χ2n) is 6.44. The number of rotatable bonds is 6. The summed E-state index contributed by atoms with van der Waals surface area (Å²) in [5.41, 5.74) is 6.04. The Labute approximate surface area is 153 Å². The van der Waals surface area contributed by atoms with Gasteiger partial charge in [-0.25, -0.2) is 20.2 Å². The van der Waals surface area contributed by atoms with Crippen LogP contribution in [0.25, 0.3) is 0 Å². The van der Waals surface area contributed by atoms with Crippen molar-refractivity contribution in [1.29, 1.82) is 5.26 Å². The van der Waals surface area contributed by atoms with E-state index in [0.29, 0.717) is 13.1 Å². The molecule has 0 bridgehead atoms. The van der Waals surface area contributed by atoms with Crippen molar-refractivity contribution in [3.05, 3.63) is 35.9 Å². The van der Waals surface area contributed by atoms with E-state index in [1.54, 1.807) is 0 Å². The molecule has 2 rings (SSSR count). The molecule has 140 valence electrons. The molecule has 8 heteroatoms. The minimum Gasteiger partial charge on any atom is -0.444 e. The van der Waals surface area contributed by atoms with Crippen molar-refractivity contribution in [3.8, 4) is 6.19 Å². The first-order chi connectivity index (χ1) is 12.5. The molecule has 1 heterocycles. The molecule has 26 heavy (non-hydrogen) atoms. The van der Waals surface area contributed by atoms with E-state index < -0.39 is 12.1 Å². The molecular formula is C18H25N5O3. The lowest BCUT2D eigenvalue weighted by atomic mass is 10.0. The Kier molecular flexibility index (Phi) is 7.24. The number of nitriles is 1. The van der Waals surface area contributed by atoms with Gasteiger partial charge in [-0.2, -0.15) is 5.26 Å². The fourth-order valence-corrected chi connectivity index (χ4v) is 2.67. The van der Waals surface area contributed by atoms with Gasteiger partial charge in [0.25, 0.3) is 5.91 Å². The number of amides is 2. The number of hydrogen-bond acceptors (Lipinski definition) is 6. The number of benzene rings is 1. The number of ether oxygens (including phenoxy) is 1. The summed E-state index contributed by atoms with van der Waals surface area (Å²) in [7, 11) is 0. The van der Waals surface area contributed by atoms with Crippen molar-refractivity contribution in [3.63, 3.8) is 0 Å². The highest BCUT2D eigenvalue weighted by Gasteiger charge is 2.32. The van der Waals surface area contributed by atoms with Crippen LogP contribution < -0.4 is 10.9 Å². The Morgan fingerprint density at radius 1 is 1.23 bits per heavy atom. The van der Waals surface area contributed by atoms with E-state index in [-0.39, 0.29) is 18.4 Å². The van der Waals surface area contributed by atoms with Gasteiger partial charge in [0.1, 0.15) is 12.6 Å². The van der Waals surface area contributed by atoms with Gasteiger partial charge in [0.05, 0.1) is 6.54 Å². The van der Waals surface area contributed by atoms with E-state index in [1.165, 1.54) is 10.0 Å². The van der Waals surface area contributed by atoms with Crippen LogP contribution in [0.1, 0.15) is 32.3 Å². The second kappa shape index (κ2) is 9.63. The van der Waals surface area contributed by atoms with Crippen LogP contribution >= 0.6 is 0 Å². The maximum atomic E-state index is 12.8. The molecule has 0 radical (unpaired) electrons. The smallest absolute Gasteiger partial charge is 0.421 e. The Morgan fingerprint density at radius 3 is 2.58 bits per heavy atom. The SMILES string of the molecule is CC(C)C(NNC(=O)OCc1ccccc1)C(=O)N1CCCCN1C#N. The normalized spacial score (nSPS) is 15.3.